The maximum Gasteiger partial charge on any atom is 0.119 e. The topological polar surface area (TPSA) is 35.2 Å². The molecular weight excluding hydrogens is 218 g/mol. The fourth-order valence-corrected chi connectivity index (χ4v) is 2.19. The summed E-state index contributed by atoms with van der Waals surface area (Å²) >= 11 is 2.00. The van der Waals surface area contributed by atoms with E-state index in [0.717, 1.165) is 30.4 Å². The molecule has 0 fully saturated rings. The molecule has 0 amide bonds. The van der Waals surface area contributed by atoms with Gasteiger partial charge in [0.2, 0.25) is 0 Å². The Balaban J connectivity index is 2.05. The van der Waals surface area contributed by atoms with Crippen LogP contribution >= 0.6 is 11.8 Å². The maximum atomic E-state index is 5.60. The monoisotopic (exact) mass is 239 g/mol. The molecule has 0 saturated heterocycles. The molecule has 0 radical (unpaired) electrons. The van der Waals surface area contributed by atoms with Crippen molar-refractivity contribution in [1.29, 1.82) is 0 Å². The van der Waals surface area contributed by atoms with Gasteiger partial charge >= 0.3 is 0 Å². The fourth-order valence-electron chi connectivity index (χ4n) is 1.23. The smallest absolute Gasteiger partial charge is 0.119 e. The predicted molar refractivity (Wildman–Crippen MR) is 73.1 cm³/mol. The second kappa shape index (κ2) is 7.44. The summed E-state index contributed by atoms with van der Waals surface area (Å²) in [6.07, 6.45) is 1.10. The molecule has 0 aliphatic heterocycles. The normalized spacial score (nSPS) is 10.7. The van der Waals surface area contributed by atoms with Crippen molar-refractivity contribution in [2.75, 3.05) is 23.8 Å². The standard InChI is InChI=1S/C13H21NOS/c1-11(2)10-16-9-3-8-15-13-6-4-12(14)5-7-13/h4-7,11H,3,8-10,14H2,1-2H3. The highest BCUT2D eigenvalue weighted by atomic mass is 32.2. The minimum Gasteiger partial charge on any atom is -0.494 e. The third kappa shape index (κ3) is 5.91. The van der Waals surface area contributed by atoms with E-state index in [9.17, 15) is 0 Å². The zero-order valence-corrected chi connectivity index (χ0v) is 10.9. The van der Waals surface area contributed by atoms with Gasteiger partial charge in [0.15, 0.2) is 0 Å². The van der Waals surface area contributed by atoms with Crippen molar-refractivity contribution in [3.05, 3.63) is 24.3 Å². The van der Waals surface area contributed by atoms with Gasteiger partial charge in [-0.05, 0) is 48.1 Å². The van der Waals surface area contributed by atoms with Crippen LogP contribution in [0.25, 0.3) is 0 Å². The van der Waals surface area contributed by atoms with E-state index in [1.54, 1.807) is 0 Å². The molecule has 0 atom stereocenters. The minimum atomic E-state index is 0.778. The molecule has 0 spiro atoms. The Hall–Kier alpha value is -0.830. The molecule has 0 unspecified atom stereocenters. The zero-order chi connectivity index (χ0) is 11.8. The third-order valence-electron chi connectivity index (χ3n) is 2.03. The van der Waals surface area contributed by atoms with Crippen molar-refractivity contribution in [2.45, 2.75) is 20.3 Å². The lowest BCUT2D eigenvalue weighted by Gasteiger charge is -2.07. The summed E-state index contributed by atoms with van der Waals surface area (Å²) in [5, 5.41) is 0. The molecule has 1 aromatic rings. The first-order valence-corrected chi connectivity index (χ1v) is 6.90. The number of hydrogen-bond donors (Lipinski definition) is 1. The third-order valence-corrected chi connectivity index (χ3v) is 3.51. The van der Waals surface area contributed by atoms with Gasteiger partial charge in [0.1, 0.15) is 5.75 Å². The SMILES string of the molecule is CC(C)CSCCCOc1ccc(N)cc1. The average molecular weight is 239 g/mol. The van der Waals surface area contributed by atoms with Gasteiger partial charge in [0, 0.05) is 5.69 Å². The van der Waals surface area contributed by atoms with Crippen molar-refractivity contribution >= 4 is 17.4 Å². The number of nitrogens with two attached hydrogens (primary N) is 1. The lowest BCUT2D eigenvalue weighted by Crippen LogP contribution is -2.00. The molecule has 90 valence electrons. The number of anilines is 1. The summed E-state index contributed by atoms with van der Waals surface area (Å²) in [4.78, 5) is 0. The summed E-state index contributed by atoms with van der Waals surface area (Å²) in [6.45, 7) is 5.28. The second-order valence-electron chi connectivity index (χ2n) is 4.24. The number of hydrogen-bond acceptors (Lipinski definition) is 3. The number of ether oxygens (including phenoxy) is 1. The van der Waals surface area contributed by atoms with Crippen LogP contribution in [-0.4, -0.2) is 18.1 Å². The fraction of sp³-hybridized carbons (Fsp3) is 0.538. The predicted octanol–water partition coefficient (Wildman–Crippen LogP) is 3.43. The van der Waals surface area contributed by atoms with Crippen LogP contribution in [0.15, 0.2) is 24.3 Å². The van der Waals surface area contributed by atoms with Crippen LogP contribution in [0.5, 0.6) is 5.75 Å². The van der Waals surface area contributed by atoms with E-state index in [0.29, 0.717) is 0 Å². The van der Waals surface area contributed by atoms with Gasteiger partial charge < -0.3 is 10.5 Å². The molecule has 0 aliphatic carbocycles. The molecule has 0 saturated carbocycles. The van der Waals surface area contributed by atoms with Crippen LogP contribution in [0.1, 0.15) is 20.3 Å². The van der Waals surface area contributed by atoms with E-state index < -0.39 is 0 Å². The van der Waals surface area contributed by atoms with Crippen molar-refractivity contribution in [2.24, 2.45) is 5.92 Å². The first kappa shape index (κ1) is 13.2. The van der Waals surface area contributed by atoms with E-state index in [1.165, 1.54) is 11.5 Å². The molecule has 0 aromatic heterocycles. The van der Waals surface area contributed by atoms with Crippen molar-refractivity contribution in [1.82, 2.24) is 0 Å². The van der Waals surface area contributed by atoms with Gasteiger partial charge in [-0.25, -0.2) is 0 Å². The van der Waals surface area contributed by atoms with Gasteiger partial charge in [-0.3, -0.25) is 0 Å². The molecule has 2 N–H and O–H groups in total. The molecule has 16 heavy (non-hydrogen) atoms. The maximum absolute atomic E-state index is 5.60. The summed E-state index contributed by atoms with van der Waals surface area (Å²) in [5.41, 5.74) is 6.37. The van der Waals surface area contributed by atoms with E-state index in [-0.39, 0.29) is 0 Å². The van der Waals surface area contributed by atoms with Gasteiger partial charge in [-0.2, -0.15) is 11.8 Å². The first-order valence-electron chi connectivity index (χ1n) is 5.74. The lowest BCUT2D eigenvalue weighted by molar-refractivity contribution is 0.319. The Labute approximate surface area is 103 Å². The van der Waals surface area contributed by atoms with Crippen LogP contribution in [0.4, 0.5) is 5.69 Å². The van der Waals surface area contributed by atoms with E-state index in [4.69, 9.17) is 10.5 Å². The highest BCUT2D eigenvalue weighted by Gasteiger charge is 1.96. The molecule has 0 aliphatic rings. The number of nitrogen functional groups attached to an aromatic ring is 1. The summed E-state index contributed by atoms with van der Waals surface area (Å²) in [6, 6.07) is 7.55. The Morgan fingerprint density at radius 3 is 2.56 bits per heavy atom. The quantitative estimate of drug-likeness (QED) is 0.585. The number of benzene rings is 1. The molecule has 3 heteroatoms. The Morgan fingerprint density at radius 2 is 1.94 bits per heavy atom. The lowest BCUT2D eigenvalue weighted by atomic mass is 10.3. The van der Waals surface area contributed by atoms with E-state index >= 15 is 0 Å². The molecule has 1 aromatic carbocycles. The average Bonchev–Trinajstić information content (AvgIpc) is 2.25. The number of thioether (sulfide) groups is 1. The van der Waals surface area contributed by atoms with Crippen LogP contribution in [-0.2, 0) is 0 Å². The van der Waals surface area contributed by atoms with Crippen LogP contribution < -0.4 is 10.5 Å². The molecule has 0 bridgehead atoms. The second-order valence-corrected chi connectivity index (χ2v) is 5.39. The zero-order valence-electron chi connectivity index (χ0n) is 10.1. The van der Waals surface area contributed by atoms with Crippen molar-refractivity contribution in [3.63, 3.8) is 0 Å². The van der Waals surface area contributed by atoms with Gasteiger partial charge in [-0.15, -0.1) is 0 Å². The minimum absolute atomic E-state index is 0.778. The summed E-state index contributed by atoms with van der Waals surface area (Å²) in [5.74, 6) is 4.10. The first-order chi connectivity index (χ1) is 7.68. The Kier molecular flexibility index (Phi) is 6.16. The van der Waals surface area contributed by atoms with Crippen LogP contribution in [0.3, 0.4) is 0 Å². The summed E-state index contributed by atoms with van der Waals surface area (Å²) in [7, 11) is 0. The van der Waals surface area contributed by atoms with E-state index in [2.05, 4.69) is 13.8 Å². The Morgan fingerprint density at radius 1 is 1.25 bits per heavy atom. The largest absolute Gasteiger partial charge is 0.494 e. The highest BCUT2D eigenvalue weighted by molar-refractivity contribution is 7.99. The molecular formula is C13H21NOS. The van der Waals surface area contributed by atoms with Gasteiger partial charge in [-0.1, -0.05) is 13.8 Å². The molecule has 1 rings (SSSR count). The van der Waals surface area contributed by atoms with Crippen LogP contribution in [0, 0.1) is 5.92 Å². The van der Waals surface area contributed by atoms with E-state index in [1.807, 2.05) is 36.0 Å². The Bertz CT molecular complexity index is 284. The summed E-state index contributed by atoms with van der Waals surface area (Å²) < 4.78 is 5.60. The van der Waals surface area contributed by atoms with Crippen LogP contribution in [0.2, 0.25) is 0 Å². The van der Waals surface area contributed by atoms with Gasteiger partial charge in [0.05, 0.1) is 6.61 Å². The van der Waals surface area contributed by atoms with Gasteiger partial charge in [0.25, 0.3) is 0 Å². The highest BCUT2D eigenvalue weighted by Crippen LogP contribution is 2.14. The van der Waals surface area contributed by atoms with Crippen molar-refractivity contribution in [3.8, 4) is 5.75 Å². The number of rotatable bonds is 7. The molecule has 0 heterocycles. The molecule has 2 nitrogen and oxygen atoms in total. The van der Waals surface area contributed by atoms with Crippen molar-refractivity contribution < 1.29 is 4.74 Å².